The maximum Gasteiger partial charge on any atom is 0.471 e. The van der Waals surface area contributed by atoms with Gasteiger partial charge in [-0.05, 0) is 50.2 Å². The number of carbonyl (C=O) groups excluding carboxylic acids is 1. The molecule has 8 nitrogen and oxygen atoms in total. The Morgan fingerprint density at radius 1 is 1.15 bits per heavy atom. The van der Waals surface area contributed by atoms with Crippen molar-refractivity contribution in [2.75, 3.05) is 4.90 Å². The van der Waals surface area contributed by atoms with Gasteiger partial charge in [0.2, 0.25) is 5.82 Å². The standard InChI is InChI=1S/C22H18F4N6O2/c1-21(2,32-10-4-9-28-32)20(33)31(17-6-3-5-15(23)11-17)13-16-8-7-14(12-27-16)18-29-19(34-30-18)22(24,25)26/h3-12H,13H2,1-2H3. The van der Waals surface area contributed by atoms with Crippen LogP contribution in [0.25, 0.3) is 11.4 Å². The average Bonchev–Trinajstić information content (AvgIpc) is 3.50. The van der Waals surface area contributed by atoms with Crippen LogP contribution in [0, 0.1) is 5.82 Å². The number of hydrogen-bond acceptors (Lipinski definition) is 6. The monoisotopic (exact) mass is 474 g/mol. The second-order valence-electron chi connectivity index (χ2n) is 7.84. The van der Waals surface area contributed by atoms with E-state index in [-0.39, 0.29) is 23.8 Å². The number of alkyl halides is 3. The molecule has 0 saturated heterocycles. The van der Waals surface area contributed by atoms with Crippen molar-refractivity contribution in [1.29, 1.82) is 0 Å². The van der Waals surface area contributed by atoms with Crippen LogP contribution in [0.3, 0.4) is 0 Å². The van der Waals surface area contributed by atoms with Crippen molar-refractivity contribution >= 4 is 11.6 Å². The third-order valence-corrected chi connectivity index (χ3v) is 5.04. The van der Waals surface area contributed by atoms with Gasteiger partial charge >= 0.3 is 12.1 Å². The molecule has 4 aromatic rings. The van der Waals surface area contributed by atoms with Gasteiger partial charge in [0, 0.05) is 29.8 Å². The van der Waals surface area contributed by atoms with Gasteiger partial charge < -0.3 is 9.42 Å². The summed E-state index contributed by atoms with van der Waals surface area (Å²) in [6.45, 7) is 3.33. The number of anilines is 1. The lowest BCUT2D eigenvalue weighted by Crippen LogP contribution is -2.47. The molecule has 0 fully saturated rings. The minimum atomic E-state index is -4.76. The van der Waals surface area contributed by atoms with E-state index < -0.39 is 23.4 Å². The number of carbonyl (C=O) groups is 1. The Morgan fingerprint density at radius 2 is 1.94 bits per heavy atom. The molecule has 34 heavy (non-hydrogen) atoms. The zero-order valence-electron chi connectivity index (χ0n) is 18.0. The van der Waals surface area contributed by atoms with Crippen LogP contribution in [0.4, 0.5) is 23.2 Å². The number of pyridine rings is 1. The van der Waals surface area contributed by atoms with E-state index in [2.05, 4.69) is 24.7 Å². The summed E-state index contributed by atoms with van der Waals surface area (Å²) in [6.07, 6.45) is -0.294. The molecule has 1 aromatic carbocycles. The van der Waals surface area contributed by atoms with Crippen molar-refractivity contribution in [2.24, 2.45) is 0 Å². The molecule has 0 saturated carbocycles. The molecule has 0 aliphatic carbocycles. The van der Waals surface area contributed by atoms with Gasteiger partial charge in [0.1, 0.15) is 11.4 Å². The molecule has 0 aliphatic heterocycles. The van der Waals surface area contributed by atoms with Crippen molar-refractivity contribution in [3.05, 3.63) is 78.5 Å². The largest absolute Gasteiger partial charge is 0.471 e. The Bertz CT molecular complexity index is 1280. The summed E-state index contributed by atoms with van der Waals surface area (Å²) in [6, 6.07) is 10.2. The van der Waals surface area contributed by atoms with Gasteiger partial charge in [-0.1, -0.05) is 11.2 Å². The molecule has 0 unspecified atom stereocenters. The number of rotatable bonds is 6. The van der Waals surface area contributed by atoms with Crippen LogP contribution < -0.4 is 4.90 Å². The van der Waals surface area contributed by atoms with E-state index in [0.717, 1.165) is 0 Å². The van der Waals surface area contributed by atoms with Crippen LogP contribution in [0.5, 0.6) is 0 Å². The molecule has 0 atom stereocenters. The third kappa shape index (κ3) is 4.65. The molecule has 176 valence electrons. The average molecular weight is 474 g/mol. The number of aromatic nitrogens is 5. The van der Waals surface area contributed by atoms with Crippen molar-refractivity contribution in [2.45, 2.75) is 32.1 Å². The van der Waals surface area contributed by atoms with Gasteiger partial charge in [-0.25, -0.2) is 4.39 Å². The Balaban J connectivity index is 1.63. The second-order valence-corrected chi connectivity index (χ2v) is 7.84. The summed E-state index contributed by atoms with van der Waals surface area (Å²) in [5.74, 6) is -2.63. The minimum Gasteiger partial charge on any atom is -0.329 e. The van der Waals surface area contributed by atoms with Crippen molar-refractivity contribution in [1.82, 2.24) is 24.9 Å². The van der Waals surface area contributed by atoms with E-state index in [4.69, 9.17) is 0 Å². The summed E-state index contributed by atoms with van der Waals surface area (Å²) in [4.78, 5) is 22.5. The summed E-state index contributed by atoms with van der Waals surface area (Å²) in [7, 11) is 0. The first kappa shape index (κ1) is 23.1. The molecule has 1 amide bonds. The highest BCUT2D eigenvalue weighted by Crippen LogP contribution is 2.30. The van der Waals surface area contributed by atoms with E-state index in [9.17, 15) is 22.4 Å². The summed E-state index contributed by atoms with van der Waals surface area (Å²) in [5, 5.41) is 7.48. The van der Waals surface area contributed by atoms with Gasteiger partial charge in [-0.15, -0.1) is 0 Å². The Morgan fingerprint density at radius 3 is 2.53 bits per heavy atom. The lowest BCUT2D eigenvalue weighted by molar-refractivity contribution is -0.159. The van der Waals surface area contributed by atoms with Crippen LogP contribution in [0.15, 0.2) is 65.6 Å². The molecular formula is C22H18F4N6O2. The Hall–Kier alpha value is -4.09. The topological polar surface area (TPSA) is 89.9 Å². The predicted octanol–water partition coefficient (Wildman–Crippen LogP) is 4.45. The fraction of sp³-hybridized carbons (Fsp3) is 0.227. The molecule has 0 aliphatic rings. The number of amides is 1. The Kier molecular flexibility index (Phi) is 5.90. The SMILES string of the molecule is CC(C)(C(=O)N(Cc1ccc(-c2noc(C(F)(F)F)n2)cn1)c1cccc(F)c1)n1cccn1. The lowest BCUT2D eigenvalue weighted by Gasteiger charge is -2.32. The van der Waals surface area contributed by atoms with Crippen LogP contribution in [-0.2, 0) is 23.1 Å². The number of hydrogen-bond donors (Lipinski definition) is 0. The van der Waals surface area contributed by atoms with Gasteiger partial charge in [0.05, 0.1) is 12.2 Å². The fourth-order valence-electron chi connectivity index (χ4n) is 3.22. The van der Waals surface area contributed by atoms with Gasteiger partial charge in [0.25, 0.3) is 5.91 Å². The minimum absolute atomic E-state index is 0.0344. The molecule has 4 rings (SSSR count). The van der Waals surface area contributed by atoms with Crippen molar-refractivity contribution in [3.63, 3.8) is 0 Å². The zero-order valence-corrected chi connectivity index (χ0v) is 18.0. The molecule has 0 N–H and O–H groups in total. The first-order valence-corrected chi connectivity index (χ1v) is 9.99. The van der Waals surface area contributed by atoms with Gasteiger partial charge in [-0.2, -0.15) is 23.3 Å². The molecule has 12 heteroatoms. The maximum atomic E-state index is 14.0. The first-order valence-electron chi connectivity index (χ1n) is 9.99. The zero-order chi connectivity index (χ0) is 24.5. The molecular weight excluding hydrogens is 456 g/mol. The normalized spacial score (nSPS) is 12.1. The highest BCUT2D eigenvalue weighted by atomic mass is 19.4. The van der Waals surface area contributed by atoms with Crippen LogP contribution in [0.2, 0.25) is 0 Å². The molecule has 0 spiro atoms. The van der Waals surface area contributed by atoms with E-state index in [0.29, 0.717) is 11.4 Å². The molecule has 3 heterocycles. The lowest BCUT2D eigenvalue weighted by atomic mass is 10.0. The van der Waals surface area contributed by atoms with E-state index >= 15 is 0 Å². The van der Waals surface area contributed by atoms with Gasteiger partial charge in [-0.3, -0.25) is 14.5 Å². The van der Waals surface area contributed by atoms with Crippen molar-refractivity contribution in [3.8, 4) is 11.4 Å². The van der Waals surface area contributed by atoms with E-state index in [1.807, 2.05) is 0 Å². The quantitative estimate of drug-likeness (QED) is 0.384. The van der Waals surface area contributed by atoms with Crippen LogP contribution in [0.1, 0.15) is 25.4 Å². The van der Waals surface area contributed by atoms with E-state index in [1.54, 1.807) is 38.4 Å². The van der Waals surface area contributed by atoms with Crippen LogP contribution >= 0.6 is 0 Å². The Labute approximate surface area is 190 Å². The summed E-state index contributed by atoms with van der Waals surface area (Å²) < 4.78 is 57.8. The summed E-state index contributed by atoms with van der Waals surface area (Å²) in [5.41, 5.74) is -0.196. The molecule has 3 aromatic heterocycles. The third-order valence-electron chi connectivity index (χ3n) is 5.04. The highest BCUT2D eigenvalue weighted by Gasteiger charge is 2.39. The first-order chi connectivity index (χ1) is 16.1. The van der Waals surface area contributed by atoms with E-state index in [1.165, 1.54) is 46.1 Å². The van der Waals surface area contributed by atoms with Gasteiger partial charge in [0.15, 0.2) is 0 Å². The number of benzene rings is 1. The fourth-order valence-corrected chi connectivity index (χ4v) is 3.22. The smallest absolute Gasteiger partial charge is 0.329 e. The van der Waals surface area contributed by atoms with Crippen LogP contribution in [-0.4, -0.2) is 30.8 Å². The summed E-state index contributed by atoms with van der Waals surface area (Å²) >= 11 is 0. The number of nitrogens with zero attached hydrogens (tertiary/aromatic N) is 6. The maximum absolute atomic E-state index is 14.0. The number of halogens is 4. The van der Waals surface area contributed by atoms with Crippen molar-refractivity contribution < 1.29 is 26.9 Å². The second kappa shape index (κ2) is 8.69. The molecule has 0 bridgehead atoms. The molecule has 0 radical (unpaired) electrons. The highest BCUT2D eigenvalue weighted by molar-refractivity contribution is 5.98. The predicted molar refractivity (Wildman–Crippen MR) is 112 cm³/mol.